The summed E-state index contributed by atoms with van der Waals surface area (Å²) in [5, 5.41) is 2.79. The number of carbonyl (C=O) groups is 2. The Morgan fingerprint density at radius 1 is 1.14 bits per heavy atom. The van der Waals surface area contributed by atoms with Crippen LogP contribution >= 0.6 is 22.6 Å². The van der Waals surface area contributed by atoms with Gasteiger partial charge in [0.2, 0.25) is 0 Å². The highest BCUT2D eigenvalue weighted by Crippen LogP contribution is 2.17. The van der Waals surface area contributed by atoms with Crippen molar-refractivity contribution in [3.63, 3.8) is 0 Å². The fraction of sp³-hybridized carbons (Fsp3) is 0.0667. The molecule has 0 aliphatic carbocycles. The number of benzene rings is 2. The minimum Gasteiger partial charge on any atom is -0.484 e. The van der Waals surface area contributed by atoms with Crippen molar-refractivity contribution in [2.45, 2.75) is 0 Å². The first kappa shape index (κ1) is 15.3. The van der Waals surface area contributed by atoms with Gasteiger partial charge in [0.1, 0.15) is 5.75 Å². The van der Waals surface area contributed by atoms with Gasteiger partial charge in [-0.3, -0.25) is 9.59 Å². The number of nitrogens with two attached hydrogens (primary N) is 1. The van der Waals surface area contributed by atoms with Crippen LogP contribution in [0, 0.1) is 3.57 Å². The summed E-state index contributed by atoms with van der Waals surface area (Å²) in [6, 6.07) is 14.0. The molecule has 0 aliphatic heterocycles. The van der Waals surface area contributed by atoms with Crippen molar-refractivity contribution >= 4 is 40.1 Å². The second-order valence-electron chi connectivity index (χ2n) is 4.24. The van der Waals surface area contributed by atoms with Crippen molar-refractivity contribution in [2.75, 3.05) is 11.9 Å². The number of ether oxygens (including phenoxy) is 1. The second kappa shape index (κ2) is 7.07. The highest BCUT2D eigenvalue weighted by Gasteiger charge is 2.06. The van der Waals surface area contributed by atoms with Gasteiger partial charge in [0.25, 0.3) is 11.8 Å². The maximum Gasteiger partial charge on any atom is 0.255 e. The van der Waals surface area contributed by atoms with Gasteiger partial charge in [0.05, 0.1) is 0 Å². The van der Waals surface area contributed by atoms with E-state index in [1.807, 2.05) is 12.1 Å². The third kappa shape index (κ3) is 4.75. The van der Waals surface area contributed by atoms with Crippen molar-refractivity contribution in [1.82, 2.24) is 0 Å². The number of anilines is 1. The van der Waals surface area contributed by atoms with E-state index >= 15 is 0 Å². The van der Waals surface area contributed by atoms with Crippen LogP contribution in [-0.2, 0) is 4.79 Å². The maximum absolute atomic E-state index is 12.1. The minimum atomic E-state index is -0.536. The van der Waals surface area contributed by atoms with Gasteiger partial charge >= 0.3 is 0 Å². The van der Waals surface area contributed by atoms with Gasteiger partial charge in [0, 0.05) is 14.8 Å². The molecule has 2 rings (SSSR count). The zero-order valence-corrected chi connectivity index (χ0v) is 13.2. The molecular formula is C15H13IN2O3. The van der Waals surface area contributed by atoms with Gasteiger partial charge in [-0.2, -0.15) is 0 Å². The Labute approximate surface area is 135 Å². The Balaban J connectivity index is 2.00. The quantitative estimate of drug-likeness (QED) is 0.762. The first-order valence-corrected chi connectivity index (χ1v) is 7.20. The molecule has 0 saturated heterocycles. The third-order valence-electron chi connectivity index (χ3n) is 2.58. The molecule has 5 nitrogen and oxygen atoms in total. The molecule has 0 radical (unpaired) electrons. The molecular weight excluding hydrogens is 383 g/mol. The summed E-state index contributed by atoms with van der Waals surface area (Å²) in [6.45, 7) is -0.172. The molecule has 2 amide bonds. The summed E-state index contributed by atoms with van der Waals surface area (Å²) >= 11 is 2.15. The zero-order chi connectivity index (χ0) is 15.2. The highest BCUT2D eigenvalue weighted by atomic mass is 127. The molecule has 2 aromatic carbocycles. The van der Waals surface area contributed by atoms with Gasteiger partial charge in [-0.25, -0.2) is 0 Å². The fourth-order valence-electron chi connectivity index (χ4n) is 1.62. The van der Waals surface area contributed by atoms with E-state index in [2.05, 4.69) is 27.9 Å². The molecule has 0 fully saturated rings. The minimum absolute atomic E-state index is 0.172. The number of carbonyl (C=O) groups excluding carboxylic acids is 2. The predicted molar refractivity (Wildman–Crippen MR) is 88.2 cm³/mol. The summed E-state index contributed by atoms with van der Waals surface area (Å²) in [5.41, 5.74) is 6.23. The summed E-state index contributed by atoms with van der Waals surface area (Å²) in [4.78, 5) is 22.7. The Kier molecular flexibility index (Phi) is 5.15. The van der Waals surface area contributed by atoms with E-state index in [9.17, 15) is 9.59 Å². The predicted octanol–water partition coefficient (Wildman–Crippen LogP) is 2.41. The molecule has 0 aromatic heterocycles. The van der Waals surface area contributed by atoms with Gasteiger partial charge in [-0.1, -0.05) is 6.07 Å². The first-order chi connectivity index (χ1) is 10.0. The number of hydrogen-bond donors (Lipinski definition) is 2. The van der Waals surface area contributed by atoms with E-state index in [-0.39, 0.29) is 12.5 Å². The van der Waals surface area contributed by atoms with Crippen LogP contribution in [0.2, 0.25) is 0 Å². The van der Waals surface area contributed by atoms with E-state index in [0.29, 0.717) is 17.0 Å². The molecule has 2 aromatic rings. The van der Waals surface area contributed by atoms with Crippen molar-refractivity contribution < 1.29 is 14.3 Å². The number of hydrogen-bond acceptors (Lipinski definition) is 3. The lowest BCUT2D eigenvalue weighted by atomic mass is 10.2. The fourth-order valence-corrected chi connectivity index (χ4v) is 2.17. The van der Waals surface area contributed by atoms with Crippen LogP contribution in [0.15, 0.2) is 48.5 Å². The molecule has 0 atom stereocenters. The van der Waals surface area contributed by atoms with E-state index in [0.717, 1.165) is 3.57 Å². The molecule has 21 heavy (non-hydrogen) atoms. The summed E-state index contributed by atoms with van der Waals surface area (Å²) in [5.74, 6) is -0.202. The Morgan fingerprint density at radius 3 is 2.48 bits per heavy atom. The number of nitrogens with one attached hydrogen (secondary N) is 1. The van der Waals surface area contributed by atoms with Gasteiger partial charge in [-0.15, -0.1) is 0 Å². The molecule has 6 heteroatoms. The molecule has 0 heterocycles. The number of rotatable bonds is 5. The Bertz CT molecular complexity index is 656. The molecule has 3 N–H and O–H groups in total. The topological polar surface area (TPSA) is 81.4 Å². The third-order valence-corrected chi connectivity index (χ3v) is 3.25. The van der Waals surface area contributed by atoms with Crippen LogP contribution in [-0.4, -0.2) is 18.4 Å². The molecule has 0 spiro atoms. The van der Waals surface area contributed by atoms with Crippen LogP contribution in [0.25, 0.3) is 0 Å². The SMILES string of the molecule is NC(=O)COc1ccc(NC(=O)c2cccc(I)c2)cc1. The zero-order valence-electron chi connectivity index (χ0n) is 11.0. The summed E-state index contributed by atoms with van der Waals surface area (Å²) in [7, 11) is 0. The molecule has 0 bridgehead atoms. The second-order valence-corrected chi connectivity index (χ2v) is 5.49. The molecule has 0 saturated carbocycles. The number of primary amides is 1. The lowest BCUT2D eigenvalue weighted by molar-refractivity contribution is -0.119. The Hall–Kier alpha value is -2.09. The summed E-state index contributed by atoms with van der Waals surface area (Å²) in [6.07, 6.45) is 0. The van der Waals surface area contributed by atoms with Crippen LogP contribution in [0.5, 0.6) is 5.75 Å². The Morgan fingerprint density at radius 2 is 1.86 bits per heavy atom. The van der Waals surface area contributed by atoms with E-state index in [4.69, 9.17) is 10.5 Å². The average molecular weight is 396 g/mol. The van der Waals surface area contributed by atoms with Crippen LogP contribution in [0.4, 0.5) is 5.69 Å². The standard InChI is InChI=1S/C15H13IN2O3/c16-11-3-1-2-10(8-11)15(20)18-12-4-6-13(7-5-12)21-9-14(17)19/h1-8H,9H2,(H2,17,19)(H,18,20). The van der Waals surface area contributed by atoms with Crippen molar-refractivity contribution in [1.29, 1.82) is 0 Å². The molecule has 108 valence electrons. The van der Waals surface area contributed by atoms with E-state index in [1.165, 1.54) is 0 Å². The lowest BCUT2D eigenvalue weighted by Crippen LogP contribution is -2.20. The van der Waals surface area contributed by atoms with Crippen molar-refractivity contribution in [3.05, 3.63) is 57.7 Å². The van der Waals surface area contributed by atoms with Crippen LogP contribution < -0.4 is 15.8 Å². The monoisotopic (exact) mass is 396 g/mol. The van der Waals surface area contributed by atoms with Gasteiger partial charge in [-0.05, 0) is 65.1 Å². The van der Waals surface area contributed by atoms with Crippen molar-refractivity contribution in [3.8, 4) is 5.75 Å². The molecule has 0 aliphatic rings. The van der Waals surface area contributed by atoms with Crippen LogP contribution in [0.3, 0.4) is 0 Å². The van der Waals surface area contributed by atoms with Crippen LogP contribution in [0.1, 0.15) is 10.4 Å². The van der Waals surface area contributed by atoms with Gasteiger partial charge < -0.3 is 15.8 Å². The first-order valence-electron chi connectivity index (χ1n) is 6.12. The highest BCUT2D eigenvalue weighted by molar-refractivity contribution is 14.1. The van der Waals surface area contributed by atoms with Crippen molar-refractivity contribution in [2.24, 2.45) is 5.73 Å². The number of amides is 2. The largest absolute Gasteiger partial charge is 0.484 e. The maximum atomic E-state index is 12.1. The van der Waals surface area contributed by atoms with E-state index < -0.39 is 5.91 Å². The summed E-state index contributed by atoms with van der Waals surface area (Å²) < 4.78 is 6.14. The van der Waals surface area contributed by atoms with E-state index in [1.54, 1.807) is 36.4 Å². The number of halogens is 1. The lowest BCUT2D eigenvalue weighted by Gasteiger charge is -2.07. The average Bonchev–Trinajstić information content (AvgIpc) is 2.46. The normalized spacial score (nSPS) is 9.95. The van der Waals surface area contributed by atoms with Gasteiger partial charge in [0.15, 0.2) is 6.61 Å². The molecule has 0 unspecified atom stereocenters. The smallest absolute Gasteiger partial charge is 0.255 e.